The summed E-state index contributed by atoms with van der Waals surface area (Å²) in [5, 5.41) is 8.56. The van der Waals surface area contributed by atoms with Gasteiger partial charge in [0.2, 0.25) is 0 Å². The van der Waals surface area contributed by atoms with E-state index in [1.54, 1.807) is 6.26 Å². The van der Waals surface area contributed by atoms with E-state index in [-0.39, 0.29) is 0 Å². The zero-order valence-electron chi connectivity index (χ0n) is 7.79. The Labute approximate surface area is 78.1 Å². The number of nitrogens with zero attached hydrogens (tertiary/aromatic N) is 1. The average molecular weight is 178 g/mol. The Morgan fingerprint density at radius 1 is 1.69 bits per heavy atom. The minimum atomic E-state index is -0.556. The van der Waals surface area contributed by atoms with Crippen molar-refractivity contribution in [2.75, 3.05) is 0 Å². The fourth-order valence-corrected chi connectivity index (χ4v) is 1.12. The topological polar surface area (TPSA) is 63.0 Å². The maximum absolute atomic E-state index is 8.56. The third-order valence-corrected chi connectivity index (χ3v) is 1.95. The van der Waals surface area contributed by atoms with Crippen molar-refractivity contribution in [2.45, 2.75) is 32.2 Å². The summed E-state index contributed by atoms with van der Waals surface area (Å²) in [5.74, 6) is 0.919. The molecule has 2 N–H and O–H groups in total. The molecule has 1 rings (SSSR count). The van der Waals surface area contributed by atoms with Gasteiger partial charge in [0, 0.05) is 12.0 Å². The van der Waals surface area contributed by atoms with Crippen molar-refractivity contribution in [2.24, 2.45) is 5.73 Å². The van der Waals surface area contributed by atoms with Crippen LogP contribution >= 0.6 is 0 Å². The predicted molar refractivity (Wildman–Crippen MR) is 49.9 cm³/mol. The summed E-state index contributed by atoms with van der Waals surface area (Å²) < 4.78 is 5.26. The summed E-state index contributed by atoms with van der Waals surface area (Å²) in [6, 6.07) is 3.28. The van der Waals surface area contributed by atoms with Crippen LogP contribution in [0.25, 0.3) is 0 Å². The molecule has 0 radical (unpaired) electrons. The number of nitrogens with two attached hydrogens (primary N) is 1. The Bertz CT molecular complexity index is 298. The number of rotatable bonds is 4. The van der Waals surface area contributed by atoms with E-state index >= 15 is 0 Å². The minimum absolute atomic E-state index is 0.556. The Hall–Kier alpha value is -1.27. The van der Waals surface area contributed by atoms with Gasteiger partial charge in [0.1, 0.15) is 11.8 Å². The van der Waals surface area contributed by atoms with Crippen molar-refractivity contribution >= 4 is 0 Å². The van der Waals surface area contributed by atoms with Gasteiger partial charge in [-0.3, -0.25) is 0 Å². The Kier molecular flexibility index (Phi) is 3.53. The minimum Gasteiger partial charge on any atom is -0.469 e. The van der Waals surface area contributed by atoms with Gasteiger partial charge < -0.3 is 10.2 Å². The van der Waals surface area contributed by atoms with E-state index in [1.807, 2.05) is 12.1 Å². The van der Waals surface area contributed by atoms with Gasteiger partial charge in [-0.2, -0.15) is 5.26 Å². The highest BCUT2D eigenvalue weighted by molar-refractivity contribution is 5.21. The lowest BCUT2D eigenvalue weighted by Crippen LogP contribution is -2.05. The van der Waals surface area contributed by atoms with E-state index in [9.17, 15) is 0 Å². The zero-order valence-corrected chi connectivity index (χ0v) is 7.79. The molecule has 3 nitrogen and oxygen atoms in total. The second-order valence-electron chi connectivity index (χ2n) is 3.06. The fraction of sp³-hybridized carbons (Fsp3) is 0.500. The van der Waals surface area contributed by atoms with Gasteiger partial charge in [0.15, 0.2) is 0 Å². The predicted octanol–water partition coefficient (Wildman–Crippen LogP) is 2.15. The molecule has 1 unspecified atom stereocenters. The molecule has 70 valence electrons. The van der Waals surface area contributed by atoms with Crippen molar-refractivity contribution in [1.29, 1.82) is 5.26 Å². The largest absolute Gasteiger partial charge is 0.469 e. The van der Waals surface area contributed by atoms with Gasteiger partial charge >= 0.3 is 0 Å². The van der Waals surface area contributed by atoms with E-state index < -0.39 is 6.04 Å². The molecule has 1 atom stereocenters. The fourth-order valence-electron chi connectivity index (χ4n) is 1.12. The van der Waals surface area contributed by atoms with Crippen LogP contribution in [-0.4, -0.2) is 0 Å². The summed E-state index contributed by atoms with van der Waals surface area (Å²) in [6.07, 6.45) is 4.74. The first-order valence-electron chi connectivity index (χ1n) is 4.50. The molecule has 0 fully saturated rings. The van der Waals surface area contributed by atoms with Crippen LogP contribution in [-0.2, 0) is 6.42 Å². The SMILES string of the molecule is CCCCc1cc(C(N)C#N)co1. The molecular weight excluding hydrogens is 164 g/mol. The molecule has 3 heteroatoms. The van der Waals surface area contributed by atoms with Crippen LogP contribution < -0.4 is 5.73 Å². The first-order valence-corrected chi connectivity index (χ1v) is 4.50. The Balaban J connectivity index is 2.59. The molecule has 1 heterocycles. The van der Waals surface area contributed by atoms with Crippen LogP contribution in [0.2, 0.25) is 0 Å². The maximum atomic E-state index is 8.56. The van der Waals surface area contributed by atoms with Crippen LogP contribution in [0.15, 0.2) is 16.7 Å². The van der Waals surface area contributed by atoms with Crippen molar-refractivity contribution in [3.63, 3.8) is 0 Å². The number of furan rings is 1. The lowest BCUT2D eigenvalue weighted by Gasteiger charge is -1.94. The maximum Gasteiger partial charge on any atom is 0.121 e. The normalized spacial score (nSPS) is 12.4. The highest BCUT2D eigenvalue weighted by Crippen LogP contribution is 2.15. The van der Waals surface area contributed by atoms with Crippen molar-refractivity contribution < 1.29 is 4.42 Å². The van der Waals surface area contributed by atoms with E-state index in [0.29, 0.717) is 0 Å². The molecule has 0 spiro atoms. The summed E-state index contributed by atoms with van der Waals surface area (Å²) in [5.41, 5.74) is 6.29. The molecule has 0 saturated carbocycles. The van der Waals surface area contributed by atoms with Gasteiger partial charge in [-0.05, 0) is 12.5 Å². The quantitative estimate of drug-likeness (QED) is 0.768. The van der Waals surface area contributed by atoms with E-state index in [4.69, 9.17) is 15.4 Å². The average Bonchev–Trinajstić information content (AvgIpc) is 2.62. The van der Waals surface area contributed by atoms with Crippen molar-refractivity contribution in [3.05, 3.63) is 23.7 Å². The standard InChI is InChI=1S/C10H14N2O/c1-2-3-4-9-5-8(7-13-9)10(12)6-11/h5,7,10H,2-4,12H2,1H3. The van der Waals surface area contributed by atoms with Gasteiger partial charge in [-0.25, -0.2) is 0 Å². The molecule has 0 aromatic carbocycles. The first-order chi connectivity index (χ1) is 6.27. The molecule has 1 aromatic rings. The Morgan fingerprint density at radius 2 is 2.46 bits per heavy atom. The lowest BCUT2D eigenvalue weighted by molar-refractivity contribution is 0.498. The van der Waals surface area contributed by atoms with Crippen LogP contribution in [0.1, 0.15) is 37.1 Å². The van der Waals surface area contributed by atoms with Crippen molar-refractivity contribution in [1.82, 2.24) is 0 Å². The molecule has 0 amide bonds. The smallest absolute Gasteiger partial charge is 0.121 e. The summed E-state index contributed by atoms with van der Waals surface area (Å²) in [7, 11) is 0. The zero-order chi connectivity index (χ0) is 9.68. The third-order valence-electron chi connectivity index (χ3n) is 1.95. The molecule has 0 aliphatic rings. The second kappa shape index (κ2) is 4.68. The number of unbranched alkanes of at least 4 members (excludes halogenated alkanes) is 1. The number of hydrogen-bond acceptors (Lipinski definition) is 3. The molecular formula is C10H14N2O. The van der Waals surface area contributed by atoms with Gasteiger partial charge in [0.25, 0.3) is 0 Å². The Morgan fingerprint density at radius 3 is 3.08 bits per heavy atom. The number of aryl methyl sites for hydroxylation is 1. The monoisotopic (exact) mass is 178 g/mol. The molecule has 0 aliphatic heterocycles. The van der Waals surface area contributed by atoms with Crippen LogP contribution in [0.3, 0.4) is 0 Å². The van der Waals surface area contributed by atoms with Gasteiger partial charge in [0.05, 0.1) is 12.3 Å². The first kappa shape index (κ1) is 9.82. The molecule has 13 heavy (non-hydrogen) atoms. The lowest BCUT2D eigenvalue weighted by atomic mass is 10.1. The summed E-state index contributed by atoms with van der Waals surface area (Å²) >= 11 is 0. The molecule has 1 aromatic heterocycles. The summed E-state index contributed by atoms with van der Waals surface area (Å²) in [4.78, 5) is 0. The van der Waals surface area contributed by atoms with Crippen molar-refractivity contribution in [3.8, 4) is 6.07 Å². The number of nitriles is 1. The van der Waals surface area contributed by atoms with Crippen LogP contribution in [0.5, 0.6) is 0 Å². The van der Waals surface area contributed by atoms with E-state index in [0.717, 1.165) is 30.6 Å². The van der Waals surface area contributed by atoms with Gasteiger partial charge in [-0.1, -0.05) is 13.3 Å². The highest BCUT2D eigenvalue weighted by Gasteiger charge is 2.07. The van der Waals surface area contributed by atoms with E-state index in [2.05, 4.69) is 6.92 Å². The van der Waals surface area contributed by atoms with Crippen LogP contribution in [0.4, 0.5) is 0 Å². The second-order valence-corrected chi connectivity index (χ2v) is 3.06. The van der Waals surface area contributed by atoms with E-state index in [1.165, 1.54) is 0 Å². The van der Waals surface area contributed by atoms with Crippen LogP contribution in [0, 0.1) is 11.3 Å². The highest BCUT2D eigenvalue weighted by atomic mass is 16.3. The summed E-state index contributed by atoms with van der Waals surface area (Å²) in [6.45, 7) is 2.13. The molecule has 0 aliphatic carbocycles. The number of hydrogen-bond donors (Lipinski definition) is 1. The molecule has 0 saturated heterocycles. The molecule has 0 bridgehead atoms. The third kappa shape index (κ3) is 2.60. The van der Waals surface area contributed by atoms with Gasteiger partial charge in [-0.15, -0.1) is 0 Å².